The van der Waals surface area contributed by atoms with Gasteiger partial charge in [0, 0.05) is 58.4 Å². The molecule has 1 aliphatic heterocycles. The van der Waals surface area contributed by atoms with E-state index in [1.807, 2.05) is 0 Å². The molecule has 16 heteroatoms. The van der Waals surface area contributed by atoms with Gasteiger partial charge in [0.25, 0.3) is 5.91 Å². The zero-order chi connectivity index (χ0) is 47.9. The smallest absolute Gasteiger partial charge is 0.338 e. The SMILES string of the molecule is CO[C@H]1C[C@H]2OC[C@@]2(OC(C)=O)[C@H]2[C@H](OC(=O)c3ccccc3)[C@]3(O)C[C@H](OC(=O)[C@H](OC)[C@@H](NC(=O)c4ccc(CN)cc4)c4ccccc4)C(C)=C([C@@H](OC(C)=O)C(=O)[C@]12C)C3(C)C. The van der Waals surface area contributed by atoms with Gasteiger partial charge in [0.2, 0.25) is 0 Å². The number of nitrogens with two attached hydrogens (primary N) is 1. The van der Waals surface area contributed by atoms with Gasteiger partial charge in [-0.05, 0) is 60.4 Å². The quantitative estimate of drug-likeness (QED) is 0.122. The summed E-state index contributed by atoms with van der Waals surface area (Å²) in [4.78, 5) is 85.2. The highest BCUT2D eigenvalue weighted by atomic mass is 16.6. The van der Waals surface area contributed by atoms with E-state index in [0.29, 0.717) is 11.1 Å². The summed E-state index contributed by atoms with van der Waals surface area (Å²) in [5.74, 6) is -6.01. The van der Waals surface area contributed by atoms with E-state index in [2.05, 4.69) is 5.32 Å². The zero-order valence-electron chi connectivity index (χ0n) is 38.4. The Hall–Kier alpha value is -5.78. The Morgan fingerprint density at radius 2 is 1.50 bits per heavy atom. The van der Waals surface area contributed by atoms with Crippen molar-refractivity contribution in [1.29, 1.82) is 0 Å². The van der Waals surface area contributed by atoms with Crippen molar-refractivity contribution in [1.82, 2.24) is 5.32 Å². The molecule has 352 valence electrons. The van der Waals surface area contributed by atoms with Gasteiger partial charge in [0.05, 0.1) is 35.6 Å². The number of amides is 1. The number of fused-ring (bicyclic) bond motifs is 5. The number of hydrogen-bond donors (Lipinski definition) is 3. The van der Waals surface area contributed by atoms with Crippen LogP contribution in [0.25, 0.3) is 0 Å². The van der Waals surface area contributed by atoms with Crippen molar-refractivity contribution in [2.45, 2.75) is 115 Å². The maximum atomic E-state index is 15.8. The first-order valence-electron chi connectivity index (χ1n) is 21.9. The van der Waals surface area contributed by atoms with Crippen molar-refractivity contribution in [3.05, 3.63) is 118 Å². The third-order valence-corrected chi connectivity index (χ3v) is 14.4. The lowest BCUT2D eigenvalue weighted by molar-refractivity contribution is -0.347. The minimum Gasteiger partial charge on any atom is -0.456 e. The van der Waals surface area contributed by atoms with Crippen molar-refractivity contribution in [3.63, 3.8) is 0 Å². The number of Topliss-reactive ketones (excluding diaryl/α,β-unsaturated/α-hetero) is 1. The molecule has 2 saturated carbocycles. The van der Waals surface area contributed by atoms with Gasteiger partial charge in [0.1, 0.15) is 23.9 Å². The summed E-state index contributed by atoms with van der Waals surface area (Å²) in [6.07, 6.45) is -8.62. The largest absolute Gasteiger partial charge is 0.456 e. The zero-order valence-corrected chi connectivity index (χ0v) is 38.4. The van der Waals surface area contributed by atoms with E-state index in [1.54, 1.807) is 100 Å². The molecule has 0 spiro atoms. The van der Waals surface area contributed by atoms with Crippen LogP contribution in [0.1, 0.15) is 92.3 Å². The van der Waals surface area contributed by atoms with Crippen LogP contribution < -0.4 is 11.1 Å². The Balaban J connectivity index is 1.39. The standard InChI is InChI=1S/C50H58N2O14/c1-27-34(64-46(58)40(61-8)38(31-15-11-9-12-16-31)52-44(56)32-21-19-30(25-51)20-22-32)24-50(59)43(65-45(57)33-17-13-10-14-18-33)41-48(6,42(55)39(63-28(2)53)37(27)47(50,4)5)35(60-7)23-36-49(41,26-62-36)66-29(3)54/h9-22,34-36,38-41,43,59H,23-26,51H2,1-8H3,(H,52,56)/t34-,35-,36+,38-,39+,40+,41-,43-,48+,49-,50+/m0/s1. The maximum Gasteiger partial charge on any atom is 0.338 e. The second-order valence-corrected chi connectivity index (χ2v) is 18.3. The van der Waals surface area contributed by atoms with Gasteiger partial charge in [0.15, 0.2) is 23.6 Å². The Morgan fingerprint density at radius 1 is 0.864 bits per heavy atom. The van der Waals surface area contributed by atoms with E-state index in [1.165, 1.54) is 33.3 Å². The molecule has 4 N–H and O–H groups in total. The van der Waals surface area contributed by atoms with E-state index in [-0.39, 0.29) is 36.3 Å². The number of esters is 4. The first-order valence-corrected chi connectivity index (χ1v) is 21.9. The van der Waals surface area contributed by atoms with E-state index < -0.39 is 113 Å². The van der Waals surface area contributed by atoms with Crippen molar-refractivity contribution >= 4 is 35.6 Å². The Kier molecular flexibility index (Phi) is 13.5. The Labute approximate surface area is 383 Å². The highest BCUT2D eigenvalue weighted by molar-refractivity contribution is 5.96. The summed E-state index contributed by atoms with van der Waals surface area (Å²) in [6, 6.07) is 22.3. The molecule has 4 aliphatic rings. The van der Waals surface area contributed by atoms with Crippen LogP contribution in [-0.2, 0) is 58.9 Å². The predicted octanol–water partition coefficient (Wildman–Crippen LogP) is 4.50. The fourth-order valence-corrected chi connectivity index (χ4v) is 10.9. The van der Waals surface area contributed by atoms with Gasteiger partial charge >= 0.3 is 23.9 Å². The lowest BCUT2D eigenvalue weighted by Crippen LogP contribution is -2.82. The number of ketones is 1. The van der Waals surface area contributed by atoms with Crippen LogP contribution in [-0.4, -0.2) is 109 Å². The van der Waals surface area contributed by atoms with Crippen molar-refractivity contribution < 1.29 is 67.0 Å². The van der Waals surface area contributed by atoms with Crippen molar-refractivity contribution in [3.8, 4) is 0 Å². The molecule has 0 aromatic heterocycles. The topological polar surface area (TPSA) is 225 Å². The molecule has 0 unspecified atom stereocenters. The van der Waals surface area contributed by atoms with E-state index in [4.69, 9.17) is 38.9 Å². The Bertz CT molecular complexity index is 2390. The number of carbonyl (C=O) groups excluding carboxylic acids is 6. The van der Waals surface area contributed by atoms with Crippen LogP contribution in [0.3, 0.4) is 0 Å². The summed E-state index contributed by atoms with van der Waals surface area (Å²) in [5.41, 5.74) is 0.464. The maximum absolute atomic E-state index is 15.8. The third-order valence-electron chi connectivity index (χ3n) is 14.4. The van der Waals surface area contributed by atoms with Gasteiger partial charge in [-0.3, -0.25) is 19.2 Å². The number of benzene rings is 3. The number of hydrogen-bond acceptors (Lipinski definition) is 15. The lowest BCUT2D eigenvalue weighted by atomic mass is 9.44. The summed E-state index contributed by atoms with van der Waals surface area (Å²) < 4.78 is 43.1. The summed E-state index contributed by atoms with van der Waals surface area (Å²) in [6.45, 7) is 8.82. The fourth-order valence-electron chi connectivity index (χ4n) is 10.9. The molecule has 11 atom stereocenters. The molecule has 66 heavy (non-hydrogen) atoms. The second-order valence-electron chi connectivity index (χ2n) is 18.3. The molecule has 1 amide bonds. The van der Waals surface area contributed by atoms with E-state index in [0.717, 1.165) is 12.5 Å². The molecule has 1 heterocycles. The Morgan fingerprint density at radius 3 is 2.05 bits per heavy atom. The number of rotatable bonds is 13. The first-order chi connectivity index (χ1) is 31.3. The molecular formula is C50H58N2O14. The van der Waals surface area contributed by atoms with E-state index >= 15 is 4.79 Å². The summed E-state index contributed by atoms with van der Waals surface area (Å²) in [5, 5.41) is 16.8. The molecule has 3 aromatic carbocycles. The average Bonchev–Trinajstić information content (AvgIpc) is 3.28. The minimum absolute atomic E-state index is 0.0469. The van der Waals surface area contributed by atoms with Crippen LogP contribution in [0.15, 0.2) is 96.1 Å². The van der Waals surface area contributed by atoms with Crippen LogP contribution in [0, 0.1) is 16.7 Å². The second kappa shape index (κ2) is 18.5. The fraction of sp³-hybridized carbons (Fsp3) is 0.480. The van der Waals surface area contributed by atoms with Gasteiger partial charge in [-0.2, -0.15) is 0 Å². The molecule has 7 rings (SSSR count). The lowest BCUT2D eigenvalue weighted by Gasteiger charge is -2.67. The van der Waals surface area contributed by atoms with Crippen LogP contribution >= 0.6 is 0 Å². The normalized spacial score (nSPS) is 30.7. The van der Waals surface area contributed by atoms with E-state index in [9.17, 15) is 29.1 Å². The van der Waals surface area contributed by atoms with Crippen LogP contribution in [0.2, 0.25) is 0 Å². The monoisotopic (exact) mass is 910 g/mol. The first kappa shape index (κ1) is 48.2. The highest BCUT2D eigenvalue weighted by Gasteiger charge is 2.78. The highest BCUT2D eigenvalue weighted by Crippen LogP contribution is 2.65. The van der Waals surface area contributed by atoms with Crippen LogP contribution in [0.5, 0.6) is 0 Å². The number of ether oxygens (including phenoxy) is 7. The molecule has 2 bridgehead atoms. The van der Waals surface area contributed by atoms with Gasteiger partial charge in [-0.1, -0.05) is 74.5 Å². The number of aliphatic hydroxyl groups is 1. The molecule has 3 aromatic rings. The third kappa shape index (κ3) is 8.12. The molecule has 0 radical (unpaired) electrons. The van der Waals surface area contributed by atoms with Crippen LogP contribution in [0.4, 0.5) is 0 Å². The average molecular weight is 911 g/mol. The van der Waals surface area contributed by atoms with Crippen molar-refractivity contribution in [2.24, 2.45) is 22.5 Å². The summed E-state index contributed by atoms with van der Waals surface area (Å²) in [7, 11) is 2.68. The molecule has 16 nitrogen and oxygen atoms in total. The number of carbonyl (C=O) groups is 6. The minimum atomic E-state index is -2.31. The molecule has 3 fully saturated rings. The van der Waals surface area contributed by atoms with Gasteiger partial charge < -0.3 is 49.3 Å². The summed E-state index contributed by atoms with van der Waals surface area (Å²) >= 11 is 0. The number of methoxy groups -OCH3 is 2. The van der Waals surface area contributed by atoms with Gasteiger partial charge in [-0.25, -0.2) is 9.59 Å². The van der Waals surface area contributed by atoms with Crippen molar-refractivity contribution in [2.75, 3.05) is 20.8 Å². The number of nitrogens with one attached hydrogen (secondary N) is 1. The van der Waals surface area contributed by atoms with Gasteiger partial charge in [-0.15, -0.1) is 0 Å². The predicted molar refractivity (Wildman–Crippen MR) is 235 cm³/mol. The molecule has 1 saturated heterocycles. The molecule has 3 aliphatic carbocycles. The molecular weight excluding hydrogens is 853 g/mol.